The zero-order chi connectivity index (χ0) is 12.8. The summed E-state index contributed by atoms with van der Waals surface area (Å²) in [5.41, 5.74) is 7.13. The first kappa shape index (κ1) is 13.0. The molecule has 0 atom stereocenters. The van der Waals surface area contributed by atoms with Gasteiger partial charge in [0.15, 0.2) is 0 Å². The molecule has 0 bridgehead atoms. The Labute approximate surface area is 108 Å². The van der Waals surface area contributed by atoms with Crippen molar-refractivity contribution in [2.24, 2.45) is 11.1 Å². The predicted molar refractivity (Wildman–Crippen MR) is 70.9 cm³/mol. The van der Waals surface area contributed by atoms with E-state index in [0.717, 1.165) is 32.2 Å². The number of carbonyl (C=O) groups is 1. The number of hydrogen-bond acceptors (Lipinski definition) is 3. The van der Waals surface area contributed by atoms with E-state index in [0.29, 0.717) is 13.0 Å². The lowest BCUT2D eigenvalue weighted by atomic mass is 10.1. The van der Waals surface area contributed by atoms with Crippen LogP contribution in [0.3, 0.4) is 0 Å². The number of nitrogens with one attached hydrogen (secondary N) is 1. The van der Waals surface area contributed by atoms with Gasteiger partial charge in [0.25, 0.3) is 0 Å². The van der Waals surface area contributed by atoms with E-state index in [4.69, 9.17) is 5.73 Å². The highest BCUT2D eigenvalue weighted by molar-refractivity contribution is 5.75. The molecular weight excluding hydrogens is 226 g/mol. The third-order valence-corrected chi connectivity index (χ3v) is 3.67. The van der Waals surface area contributed by atoms with E-state index in [1.807, 2.05) is 12.1 Å². The molecule has 4 nitrogen and oxygen atoms in total. The van der Waals surface area contributed by atoms with Gasteiger partial charge in [-0.15, -0.1) is 0 Å². The molecule has 4 heteroatoms. The van der Waals surface area contributed by atoms with Crippen LogP contribution < -0.4 is 11.1 Å². The Morgan fingerprint density at radius 3 is 2.72 bits per heavy atom. The molecule has 98 valence electrons. The zero-order valence-electron chi connectivity index (χ0n) is 10.7. The third-order valence-electron chi connectivity index (χ3n) is 3.67. The number of amides is 1. The summed E-state index contributed by atoms with van der Waals surface area (Å²) in [6.07, 6.45) is 8.27. The second-order valence-electron chi connectivity index (χ2n) is 5.19. The van der Waals surface area contributed by atoms with Crippen LogP contribution in [0, 0.1) is 5.41 Å². The number of aryl methyl sites for hydroxylation is 1. The minimum Gasteiger partial charge on any atom is -0.355 e. The van der Waals surface area contributed by atoms with Crippen LogP contribution in [0.5, 0.6) is 0 Å². The molecule has 1 aromatic rings. The molecule has 1 aliphatic carbocycles. The van der Waals surface area contributed by atoms with Crippen molar-refractivity contribution < 1.29 is 4.79 Å². The first-order valence-electron chi connectivity index (χ1n) is 6.60. The summed E-state index contributed by atoms with van der Waals surface area (Å²) in [4.78, 5) is 15.6. The van der Waals surface area contributed by atoms with Crippen LogP contribution in [-0.2, 0) is 11.2 Å². The highest BCUT2D eigenvalue weighted by Crippen LogP contribution is 2.43. The number of aromatic nitrogens is 1. The lowest BCUT2D eigenvalue weighted by Crippen LogP contribution is -2.33. The Bertz CT molecular complexity index is 387. The average Bonchev–Trinajstić information content (AvgIpc) is 3.18. The van der Waals surface area contributed by atoms with Gasteiger partial charge in [-0.2, -0.15) is 0 Å². The van der Waals surface area contributed by atoms with E-state index in [1.165, 1.54) is 5.56 Å². The van der Waals surface area contributed by atoms with Crippen LogP contribution >= 0.6 is 0 Å². The van der Waals surface area contributed by atoms with Gasteiger partial charge in [0.05, 0.1) is 0 Å². The average molecular weight is 247 g/mol. The summed E-state index contributed by atoms with van der Waals surface area (Å²) < 4.78 is 0. The van der Waals surface area contributed by atoms with Crippen molar-refractivity contribution in [2.45, 2.75) is 32.1 Å². The number of pyridine rings is 1. The summed E-state index contributed by atoms with van der Waals surface area (Å²) in [6.45, 7) is 1.43. The van der Waals surface area contributed by atoms with Crippen LogP contribution in [0.15, 0.2) is 24.5 Å². The third kappa shape index (κ3) is 3.81. The maximum absolute atomic E-state index is 11.7. The number of hydrogen-bond donors (Lipinski definition) is 2. The molecular formula is C14H21N3O. The van der Waals surface area contributed by atoms with Crippen molar-refractivity contribution in [3.8, 4) is 0 Å². The maximum atomic E-state index is 11.7. The number of nitrogens with zero attached hydrogens (tertiary/aromatic N) is 1. The SMILES string of the molecule is NCC1(CNC(=O)CCCc2ccncc2)CC1. The molecule has 0 saturated heterocycles. The van der Waals surface area contributed by atoms with Gasteiger partial charge in [-0.25, -0.2) is 0 Å². The fourth-order valence-corrected chi connectivity index (χ4v) is 2.01. The Morgan fingerprint density at radius 1 is 1.39 bits per heavy atom. The number of carbonyl (C=O) groups excluding carboxylic acids is 1. The van der Waals surface area contributed by atoms with E-state index in [2.05, 4.69) is 10.3 Å². The normalized spacial score (nSPS) is 16.3. The van der Waals surface area contributed by atoms with Crippen molar-refractivity contribution in [1.29, 1.82) is 0 Å². The second kappa shape index (κ2) is 5.96. The first-order valence-corrected chi connectivity index (χ1v) is 6.60. The van der Waals surface area contributed by atoms with E-state index in [1.54, 1.807) is 12.4 Å². The van der Waals surface area contributed by atoms with Gasteiger partial charge in [-0.05, 0) is 55.3 Å². The molecule has 1 aromatic heterocycles. The van der Waals surface area contributed by atoms with Crippen LogP contribution in [0.2, 0.25) is 0 Å². The molecule has 0 aromatic carbocycles. The number of nitrogens with two attached hydrogens (primary N) is 1. The van der Waals surface area contributed by atoms with E-state index < -0.39 is 0 Å². The summed E-state index contributed by atoms with van der Waals surface area (Å²) >= 11 is 0. The van der Waals surface area contributed by atoms with Gasteiger partial charge in [0.1, 0.15) is 0 Å². The van der Waals surface area contributed by atoms with Crippen molar-refractivity contribution >= 4 is 5.91 Å². The standard InChI is InChI=1S/C14H21N3O/c15-10-14(6-7-14)11-17-13(18)3-1-2-12-4-8-16-9-5-12/h4-5,8-9H,1-3,6-7,10-11,15H2,(H,17,18). The van der Waals surface area contributed by atoms with Gasteiger partial charge < -0.3 is 11.1 Å². The van der Waals surface area contributed by atoms with E-state index in [-0.39, 0.29) is 11.3 Å². The van der Waals surface area contributed by atoms with Gasteiger partial charge in [-0.3, -0.25) is 9.78 Å². The Hall–Kier alpha value is -1.42. The lowest BCUT2D eigenvalue weighted by Gasteiger charge is -2.13. The second-order valence-corrected chi connectivity index (χ2v) is 5.19. The van der Waals surface area contributed by atoms with Crippen LogP contribution in [-0.4, -0.2) is 24.0 Å². The lowest BCUT2D eigenvalue weighted by molar-refractivity contribution is -0.121. The van der Waals surface area contributed by atoms with Gasteiger partial charge in [0.2, 0.25) is 5.91 Å². The quantitative estimate of drug-likeness (QED) is 0.762. The molecule has 1 aliphatic rings. The predicted octanol–water partition coefficient (Wildman–Crippen LogP) is 1.26. The van der Waals surface area contributed by atoms with Crippen molar-refractivity contribution in [1.82, 2.24) is 10.3 Å². The molecule has 1 saturated carbocycles. The molecule has 1 fully saturated rings. The van der Waals surface area contributed by atoms with Crippen LogP contribution in [0.25, 0.3) is 0 Å². The van der Waals surface area contributed by atoms with Crippen molar-refractivity contribution in [2.75, 3.05) is 13.1 Å². The molecule has 0 radical (unpaired) electrons. The highest BCUT2D eigenvalue weighted by Gasteiger charge is 2.41. The van der Waals surface area contributed by atoms with E-state index >= 15 is 0 Å². The number of rotatable bonds is 7. The molecule has 0 aliphatic heterocycles. The summed E-state index contributed by atoms with van der Waals surface area (Å²) in [5.74, 6) is 0.142. The Balaban J connectivity index is 1.60. The van der Waals surface area contributed by atoms with Crippen molar-refractivity contribution in [3.63, 3.8) is 0 Å². The van der Waals surface area contributed by atoms with Crippen LogP contribution in [0.4, 0.5) is 0 Å². The largest absolute Gasteiger partial charge is 0.355 e. The molecule has 18 heavy (non-hydrogen) atoms. The summed E-state index contributed by atoms with van der Waals surface area (Å²) in [6, 6.07) is 3.98. The minimum absolute atomic E-state index is 0.142. The topological polar surface area (TPSA) is 68.0 Å². The molecule has 3 N–H and O–H groups in total. The molecule has 0 spiro atoms. The Kier molecular flexibility index (Phi) is 4.31. The molecule has 0 unspecified atom stereocenters. The fraction of sp³-hybridized carbons (Fsp3) is 0.571. The Morgan fingerprint density at radius 2 is 2.11 bits per heavy atom. The van der Waals surface area contributed by atoms with Gasteiger partial charge in [0, 0.05) is 25.4 Å². The van der Waals surface area contributed by atoms with Crippen LogP contribution in [0.1, 0.15) is 31.2 Å². The maximum Gasteiger partial charge on any atom is 0.220 e. The summed E-state index contributed by atoms with van der Waals surface area (Å²) in [7, 11) is 0. The van der Waals surface area contributed by atoms with E-state index in [9.17, 15) is 4.79 Å². The smallest absolute Gasteiger partial charge is 0.220 e. The molecule has 2 rings (SSSR count). The van der Waals surface area contributed by atoms with Crippen molar-refractivity contribution in [3.05, 3.63) is 30.1 Å². The monoisotopic (exact) mass is 247 g/mol. The molecule has 1 amide bonds. The summed E-state index contributed by atoms with van der Waals surface area (Å²) in [5, 5.41) is 2.99. The van der Waals surface area contributed by atoms with Gasteiger partial charge in [-0.1, -0.05) is 0 Å². The first-order chi connectivity index (χ1) is 8.74. The highest BCUT2D eigenvalue weighted by atomic mass is 16.1. The molecule has 1 heterocycles. The van der Waals surface area contributed by atoms with Gasteiger partial charge >= 0.3 is 0 Å². The zero-order valence-corrected chi connectivity index (χ0v) is 10.7. The minimum atomic E-state index is 0.142. The fourth-order valence-electron chi connectivity index (χ4n) is 2.01.